The van der Waals surface area contributed by atoms with Gasteiger partial charge in [-0.2, -0.15) is 0 Å². The molecule has 0 bridgehead atoms. The molecule has 1 aliphatic rings. The number of methoxy groups -OCH3 is 1. The average Bonchev–Trinajstić information content (AvgIpc) is 3.54. The molecular formula is C47H60N6O7. The number of para-hydroxylation sites is 1. The van der Waals surface area contributed by atoms with Gasteiger partial charge in [-0.25, -0.2) is 9.59 Å². The Kier molecular flexibility index (Phi) is 14.9. The zero-order chi connectivity index (χ0) is 43.6. The highest BCUT2D eigenvalue weighted by Crippen LogP contribution is 2.30. The van der Waals surface area contributed by atoms with Crippen molar-refractivity contribution in [1.29, 1.82) is 0 Å². The molecular weight excluding hydrogens is 761 g/mol. The lowest BCUT2D eigenvalue weighted by Gasteiger charge is -2.38. The highest BCUT2D eigenvalue weighted by atomic mass is 16.5. The highest BCUT2D eigenvalue weighted by molar-refractivity contribution is 5.89. The molecule has 0 aliphatic carbocycles. The number of amides is 5. The first-order valence-electron chi connectivity index (χ1n) is 20.4. The summed E-state index contributed by atoms with van der Waals surface area (Å²) in [5.41, 5.74) is 2.88. The van der Waals surface area contributed by atoms with E-state index in [-0.39, 0.29) is 18.9 Å². The number of aromatic nitrogens is 1. The highest BCUT2D eigenvalue weighted by Gasteiger charge is 2.44. The first-order chi connectivity index (χ1) is 28.4. The number of benzene rings is 3. The summed E-state index contributed by atoms with van der Waals surface area (Å²) < 4.78 is 5.53. The second-order valence-corrected chi connectivity index (χ2v) is 17.7. The lowest BCUT2D eigenvalue weighted by Crippen LogP contribution is -2.59. The fourth-order valence-electron chi connectivity index (χ4n) is 7.80. The van der Waals surface area contributed by atoms with Crippen molar-refractivity contribution < 1.29 is 34.1 Å². The van der Waals surface area contributed by atoms with Crippen LogP contribution in [0.4, 0.5) is 9.59 Å². The fraction of sp³-hybridized carbons (Fsp3) is 0.426. The van der Waals surface area contributed by atoms with Crippen LogP contribution in [0.1, 0.15) is 64.7 Å². The number of hydrogen-bond donors (Lipinski definition) is 5. The van der Waals surface area contributed by atoms with Gasteiger partial charge in [-0.05, 0) is 59.4 Å². The molecule has 5 N–H and O–H groups in total. The zero-order valence-corrected chi connectivity index (χ0v) is 35.7. The molecule has 5 rings (SSSR count). The normalized spacial score (nSPS) is 15.7. The van der Waals surface area contributed by atoms with Gasteiger partial charge in [-0.3, -0.25) is 14.6 Å². The number of hydrogen-bond acceptors (Lipinski definition) is 7. The van der Waals surface area contributed by atoms with E-state index < -0.39 is 59.0 Å². The van der Waals surface area contributed by atoms with Crippen molar-refractivity contribution in [3.05, 3.63) is 120 Å². The Morgan fingerprint density at radius 3 is 2.03 bits per heavy atom. The van der Waals surface area contributed by atoms with Gasteiger partial charge in [0.25, 0.3) is 0 Å². The summed E-state index contributed by atoms with van der Waals surface area (Å²) >= 11 is 0. The minimum absolute atomic E-state index is 0.0188. The third kappa shape index (κ3) is 12.1. The van der Waals surface area contributed by atoms with Crippen LogP contribution in [0, 0.1) is 10.8 Å². The summed E-state index contributed by atoms with van der Waals surface area (Å²) in [7, 11) is 1.59. The number of pyridine rings is 1. The van der Waals surface area contributed by atoms with Crippen LogP contribution < -0.4 is 20.7 Å². The number of rotatable bonds is 17. The van der Waals surface area contributed by atoms with Crippen LogP contribution in [0.25, 0.3) is 11.3 Å². The molecule has 1 aromatic heterocycles. The van der Waals surface area contributed by atoms with Crippen molar-refractivity contribution in [1.82, 2.24) is 30.7 Å². The van der Waals surface area contributed by atoms with Crippen LogP contribution in [-0.4, -0.2) is 99.4 Å². The molecule has 60 heavy (non-hydrogen) atoms. The van der Waals surface area contributed by atoms with Gasteiger partial charge in [0.1, 0.15) is 17.8 Å². The van der Waals surface area contributed by atoms with Crippen LogP contribution in [0.5, 0.6) is 5.75 Å². The van der Waals surface area contributed by atoms with E-state index in [4.69, 9.17) is 4.74 Å². The monoisotopic (exact) mass is 820 g/mol. The van der Waals surface area contributed by atoms with E-state index in [0.717, 1.165) is 27.9 Å². The molecule has 13 nitrogen and oxygen atoms in total. The Morgan fingerprint density at radius 2 is 1.42 bits per heavy atom. The summed E-state index contributed by atoms with van der Waals surface area (Å²) in [4.78, 5) is 62.1. The molecule has 13 heteroatoms. The Hall–Kier alpha value is -5.95. The lowest BCUT2D eigenvalue weighted by molar-refractivity contribution is -0.131. The predicted octanol–water partition coefficient (Wildman–Crippen LogP) is 6.30. The Bertz CT molecular complexity index is 2050. The van der Waals surface area contributed by atoms with Gasteiger partial charge < -0.3 is 40.7 Å². The number of nitrogens with zero attached hydrogens (tertiary/aromatic N) is 3. The van der Waals surface area contributed by atoms with Crippen molar-refractivity contribution in [2.24, 2.45) is 10.8 Å². The third-order valence-electron chi connectivity index (χ3n) is 10.8. The van der Waals surface area contributed by atoms with E-state index in [0.29, 0.717) is 31.8 Å². The Labute approximate surface area is 353 Å². The maximum atomic E-state index is 14.6. The van der Waals surface area contributed by atoms with Crippen molar-refractivity contribution in [2.75, 3.05) is 20.2 Å². The standard InChI is InChI=1S/C47H60N6O7/c1-46(2,3)40(51-44(57)58)42(55)49-35(27-32-20-22-33(23-21-32)36-18-13-14-24-48-36)29-38(54)37(28-31-15-9-8-10-16-31)50-43(56)41(47(4,5)6)53-26-25-52(45(53)59)30-34-17-11-12-19-39(34)60-7/h8-24,35,37-38,40-41,51,54H,25-30H2,1-7H3,(H,49,55)(H,50,56)(H,57,58)/t35-,37-,38-,40+,41+/m0/s1. The Balaban J connectivity index is 1.41. The predicted molar refractivity (Wildman–Crippen MR) is 231 cm³/mol. The van der Waals surface area contributed by atoms with Crippen LogP contribution in [0.2, 0.25) is 0 Å². The first-order valence-corrected chi connectivity index (χ1v) is 20.4. The van der Waals surface area contributed by atoms with Crippen LogP contribution in [-0.2, 0) is 29.0 Å². The van der Waals surface area contributed by atoms with Gasteiger partial charge in [0, 0.05) is 36.5 Å². The summed E-state index contributed by atoms with van der Waals surface area (Å²) in [5.74, 6) is -0.261. The number of aliphatic hydroxyl groups excluding tert-OH is 1. The van der Waals surface area contributed by atoms with Crippen molar-refractivity contribution in [3.63, 3.8) is 0 Å². The number of aliphatic hydroxyl groups is 1. The lowest BCUT2D eigenvalue weighted by atomic mass is 9.84. The molecule has 1 aliphatic heterocycles. The molecule has 1 saturated heterocycles. The van der Waals surface area contributed by atoms with Crippen molar-refractivity contribution >= 4 is 23.9 Å². The molecule has 5 atom stereocenters. The number of nitrogens with one attached hydrogen (secondary N) is 3. The zero-order valence-electron chi connectivity index (χ0n) is 35.7. The molecule has 320 valence electrons. The third-order valence-corrected chi connectivity index (χ3v) is 10.8. The quantitative estimate of drug-likeness (QED) is 0.0826. The molecule has 3 aromatic carbocycles. The van der Waals surface area contributed by atoms with Gasteiger partial charge in [0.15, 0.2) is 0 Å². The number of urea groups is 1. The minimum atomic E-state index is -1.33. The number of carbonyl (C=O) groups excluding carboxylic acids is 3. The molecule has 0 radical (unpaired) electrons. The molecule has 0 unspecified atom stereocenters. The smallest absolute Gasteiger partial charge is 0.405 e. The summed E-state index contributed by atoms with van der Waals surface area (Å²) in [6.07, 6.45) is -0.192. The summed E-state index contributed by atoms with van der Waals surface area (Å²) in [6, 6.07) is 26.7. The second-order valence-electron chi connectivity index (χ2n) is 17.7. The van der Waals surface area contributed by atoms with E-state index in [9.17, 15) is 29.4 Å². The largest absolute Gasteiger partial charge is 0.496 e. The molecule has 2 heterocycles. The topological polar surface area (TPSA) is 173 Å². The molecule has 1 fully saturated rings. The maximum absolute atomic E-state index is 14.6. The summed E-state index contributed by atoms with van der Waals surface area (Å²) in [6.45, 7) is 12.1. The number of carboxylic acid groups (broad SMARTS) is 1. The van der Waals surface area contributed by atoms with Crippen molar-refractivity contribution in [2.45, 2.75) is 97.6 Å². The number of ether oxygens (including phenoxy) is 1. The van der Waals surface area contributed by atoms with E-state index >= 15 is 0 Å². The SMILES string of the molecule is COc1ccccc1CN1CCN([C@H](C(=O)N[C@@H](Cc2ccccc2)[C@@H](O)C[C@H](Cc2ccc(-c3ccccn3)cc2)NC(=O)[C@@H](NC(=O)O)C(C)(C)C)C(C)(C)C)C1=O. The first kappa shape index (κ1) is 45.1. The van der Waals surface area contributed by atoms with Crippen molar-refractivity contribution in [3.8, 4) is 17.0 Å². The van der Waals surface area contributed by atoms with Gasteiger partial charge in [-0.15, -0.1) is 0 Å². The van der Waals surface area contributed by atoms with Crippen LogP contribution >= 0.6 is 0 Å². The van der Waals surface area contributed by atoms with Gasteiger partial charge in [0.2, 0.25) is 11.8 Å². The fourth-order valence-corrected chi connectivity index (χ4v) is 7.80. The molecule has 0 saturated carbocycles. The minimum Gasteiger partial charge on any atom is -0.496 e. The average molecular weight is 821 g/mol. The second kappa shape index (κ2) is 19.9. The molecule has 4 aromatic rings. The van der Waals surface area contributed by atoms with E-state index in [1.807, 2.05) is 118 Å². The van der Waals surface area contributed by atoms with E-state index in [1.165, 1.54) is 0 Å². The van der Waals surface area contributed by atoms with E-state index in [1.54, 1.807) is 43.9 Å². The van der Waals surface area contributed by atoms with Gasteiger partial charge in [-0.1, -0.05) is 120 Å². The Morgan fingerprint density at radius 1 is 0.767 bits per heavy atom. The van der Waals surface area contributed by atoms with Crippen LogP contribution in [0.3, 0.4) is 0 Å². The van der Waals surface area contributed by atoms with Crippen LogP contribution in [0.15, 0.2) is 103 Å². The number of carbonyl (C=O) groups is 4. The summed E-state index contributed by atoms with van der Waals surface area (Å²) in [5, 5.41) is 30.4. The molecule has 0 spiro atoms. The van der Waals surface area contributed by atoms with Gasteiger partial charge in [0.05, 0.1) is 31.5 Å². The van der Waals surface area contributed by atoms with E-state index in [2.05, 4.69) is 20.9 Å². The maximum Gasteiger partial charge on any atom is 0.405 e. The van der Waals surface area contributed by atoms with Gasteiger partial charge >= 0.3 is 12.1 Å². The molecule has 5 amide bonds.